The SMILES string of the molecule is Clc1cccc(Cl)c1COc1ccc(CNC[C@H]2CCCO2)cc1. The van der Waals surface area contributed by atoms with Crippen molar-refractivity contribution >= 4 is 23.2 Å². The first-order valence-electron chi connectivity index (χ1n) is 8.19. The van der Waals surface area contributed by atoms with Crippen LogP contribution >= 0.6 is 23.2 Å². The lowest BCUT2D eigenvalue weighted by Gasteiger charge is -2.12. The van der Waals surface area contributed by atoms with Crippen LogP contribution < -0.4 is 10.1 Å². The van der Waals surface area contributed by atoms with Gasteiger partial charge in [-0.05, 0) is 42.7 Å². The lowest BCUT2D eigenvalue weighted by atomic mass is 10.2. The molecule has 1 N–H and O–H groups in total. The van der Waals surface area contributed by atoms with Gasteiger partial charge >= 0.3 is 0 Å². The maximum atomic E-state index is 6.15. The molecular weight excluding hydrogens is 345 g/mol. The largest absolute Gasteiger partial charge is 0.489 e. The molecule has 0 bridgehead atoms. The van der Waals surface area contributed by atoms with Gasteiger partial charge in [0.2, 0.25) is 0 Å². The molecule has 1 saturated heterocycles. The zero-order valence-electron chi connectivity index (χ0n) is 13.4. The molecule has 24 heavy (non-hydrogen) atoms. The minimum Gasteiger partial charge on any atom is -0.489 e. The Bertz CT molecular complexity index is 635. The van der Waals surface area contributed by atoms with Gasteiger partial charge in [0, 0.05) is 35.3 Å². The van der Waals surface area contributed by atoms with Crippen molar-refractivity contribution in [2.45, 2.75) is 32.1 Å². The molecule has 0 radical (unpaired) electrons. The van der Waals surface area contributed by atoms with Gasteiger partial charge in [0.15, 0.2) is 0 Å². The second-order valence-electron chi connectivity index (χ2n) is 5.90. The smallest absolute Gasteiger partial charge is 0.119 e. The van der Waals surface area contributed by atoms with Crippen molar-refractivity contribution < 1.29 is 9.47 Å². The van der Waals surface area contributed by atoms with Crippen LogP contribution in [-0.4, -0.2) is 19.3 Å². The Balaban J connectivity index is 1.47. The van der Waals surface area contributed by atoms with Crippen molar-refractivity contribution in [1.82, 2.24) is 5.32 Å². The molecule has 0 spiro atoms. The van der Waals surface area contributed by atoms with Gasteiger partial charge in [-0.1, -0.05) is 41.4 Å². The summed E-state index contributed by atoms with van der Waals surface area (Å²) in [5.41, 5.74) is 2.03. The summed E-state index contributed by atoms with van der Waals surface area (Å²) in [4.78, 5) is 0. The maximum Gasteiger partial charge on any atom is 0.119 e. The molecule has 0 saturated carbocycles. The van der Waals surface area contributed by atoms with E-state index in [0.717, 1.165) is 37.4 Å². The van der Waals surface area contributed by atoms with E-state index in [-0.39, 0.29) is 0 Å². The first-order valence-corrected chi connectivity index (χ1v) is 8.95. The average molecular weight is 366 g/mol. The average Bonchev–Trinajstić information content (AvgIpc) is 3.09. The fourth-order valence-corrected chi connectivity index (χ4v) is 3.22. The highest BCUT2D eigenvalue weighted by Crippen LogP contribution is 2.26. The summed E-state index contributed by atoms with van der Waals surface area (Å²) in [5.74, 6) is 0.800. The normalized spacial score (nSPS) is 17.2. The molecule has 0 amide bonds. The Hall–Kier alpha value is -1.26. The monoisotopic (exact) mass is 365 g/mol. The standard InChI is InChI=1S/C19H21Cl2NO2/c20-18-4-1-5-19(21)17(18)13-24-15-8-6-14(7-9-15)11-22-12-16-3-2-10-23-16/h1,4-9,16,22H,2-3,10-13H2/t16-/m1/s1. The van der Waals surface area contributed by atoms with Crippen LogP contribution in [0.4, 0.5) is 0 Å². The highest BCUT2D eigenvalue weighted by atomic mass is 35.5. The van der Waals surface area contributed by atoms with Crippen LogP contribution in [0.3, 0.4) is 0 Å². The van der Waals surface area contributed by atoms with E-state index in [4.69, 9.17) is 32.7 Å². The van der Waals surface area contributed by atoms with Crippen LogP contribution in [0.5, 0.6) is 5.75 Å². The molecule has 1 aliphatic heterocycles. The molecule has 0 aliphatic carbocycles. The highest BCUT2D eigenvalue weighted by molar-refractivity contribution is 6.35. The van der Waals surface area contributed by atoms with Gasteiger partial charge in [-0.2, -0.15) is 0 Å². The number of hydrogen-bond donors (Lipinski definition) is 1. The predicted molar refractivity (Wildman–Crippen MR) is 97.9 cm³/mol. The Labute approximate surface area is 152 Å². The second-order valence-corrected chi connectivity index (χ2v) is 6.71. The number of rotatable bonds is 7. The summed E-state index contributed by atoms with van der Waals surface area (Å²) in [5, 5.41) is 4.68. The third-order valence-electron chi connectivity index (χ3n) is 4.09. The van der Waals surface area contributed by atoms with E-state index >= 15 is 0 Å². The van der Waals surface area contributed by atoms with E-state index < -0.39 is 0 Å². The minimum atomic E-state index is 0.356. The van der Waals surface area contributed by atoms with Crippen LogP contribution in [0, 0.1) is 0 Å². The molecule has 0 unspecified atom stereocenters. The van der Waals surface area contributed by atoms with Crippen LogP contribution in [0.25, 0.3) is 0 Å². The molecule has 5 heteroatoms. The van der Waals surface area contributed by atoms with Gasteiger partial charge in [0.05, 0.1) is 6.10 Å². The topological polar surface area (TPSA) is 30.5 Å². The number of hydrogen-bond acceptors (Lipinski definition) is 3. The summed E-state index contributed by atoms with van der Waals surface area (Å²) < 4.78 is 11.4. The molecule has 2 aromatic carbocycles. The fourth-order valence-electron chi connectivity index (χ4n) is 2.71. The van der Waals surface area contributed by atoms with Gasteiger partial charge < -0.3 is 14.8 Å². The van der Waals surface area contributed by atoms with Gasteiger partial charge in [-0.25, -0.2) is 0 Å². The van der Waals surface area contributed by atoms with Crippen LogP contribution in [0.1, 0.15) is 24.0 Å². The molecule has 1 heterocycles. The number of ether oxygens (including phenoxy) is 2. The van der Waals surface area contributed by atoms with E-state index in [1.165, 1.54) is 12.0 Å². The van der Waals surface area contributed by atoms with E-state index in [2.05, 4.69) is 17.4 Å². The summed E-state index contributed by atoms with van der Waals surface area (Å²) >= 11 is 12.3. The Morgan fingerprint density at radius 3 is 2.50 bits per heavy atom. The quantitative estimate of drug-likeness (QED) is 0.761. The van der Waals surface area contributed by atoms with Crippen LogP contribution in [0.2, 0.25) is 10.0 Å². The zero-order chi connectivity index (χ0) is 16.8. The maximum absolute atomic E-state index is 6.15. The minimum absolute atomic E-state index is 0.356. The molecule has 128 valence electrons. The highest BCUT2D eigenvalue weighted by Gasteiger charge is 2.14. The van der Waals surface area contributed by atoms with Crippen LogP contribution in [-0.2, 0) is 17.9 Å². The van der Waals surface area contributed by atoms with E-state index in [1.54, 1.807) is 0 Å². The summed E-state index contributed by atoms with van der Waals surface area (Å²) in [7, 11) is 0. The molecule has 1 atom stereocenters. The van der Waals surface area contributed by atoms with Crippen molar-refractivity contribution in [3.63, 3.8) is 0 Å². The number of benzene rings is 2. The predicted octanol–water partition coefficient (Wildman–Crippen LogP) is 4.84. The summed E-state index contributed by atoms with van der Waals surface area (Å²) in [6, 6.07) is 13.5. The van der Waals surface area contributed by atoms with E-state index in [9.17, 15) is 0 Å². The van der Waals surface area contributed by atoms with Crippen LogP contribution in [0.15, 0.2) is 42.5 Å². The van der Waals surface area contributed by atoms with Gasteiger partial charge in [0.1, 0.15) is 12.4 Å². The Morgan fingerprint density at radius 1 is 1.08 bits per heavy atom. The van der Waals surface area contributed by atoms with Gasteiger partial charge in [0.25, 0.3) is 0 Å². The van der Waals surface area contributed by atoms with Crippen molar-refractivity contribution in [3.8, 4) is 5.75 Å². The molecule has 0 aromatic heterocycles. The fraction of sp³-hybridized carbons (Fsp3) is 0.368. The van der Waals surface area contributed by atoms with Crippen molar-refractivity contribution in [2.75, 3.05) is 13.2 Å². The third-order valence-corrected chi connectivity index (χ3v) is 4.80. The number of nitrogens with one attached hydrogen (secondary N) is 1. The third kappa shape index (κ3) is 4.87. The Kier molecular flexibility index (Phi) is 6.38. The van der Waals surface area contributed by atoms with Gasteiger partial charge in [-0.15, -0.1) is 0 Å². The molecule has 1 aliphatic rings. The van der Waals surface area contributed by atoms with E-state index in [1.807, 2.05) is 30.3 Å². The molecule has 1 fully saturated rings. The molecule has 3 nitrogen and oxygen atoms in total. The molecule has 2 aromatic rings. The Morgan fingerprint density at radius 2 is 1.83 bits per heavy atom. The second kappa shape index (κ2) is 8.72. The van der Waals surface area contributed by atoms with Gasteiger partial charge in [-0.3, -0.25) is 0 Å². The van der Waals surface area contributed by atoms with Crippen molar-refractivity contribution in [1.29, 1.82) is 0 Å². The summed E-state index contributed by atoms with van der Waals surface area (Å²) in [6.07, 6.45) is 2.70. The molecular formula is C19H21Cl2NO2. The van der Waals surface area contributed by atoms with Crippen molar-refractivity contribution in [2.24, 2.45) is 0 Å². The first-order chi connectivity index (χ1) is 11.7. The van der Waals surface area contributed by atoms with Crippen molar-refractivity contribution in [3.05, 3.63) is 63.6 Å². The molecule has 3 rings (SSSR count). The first kappa shape index (κ1) is 17.6. The van der Waals surface area contributed by atoms with E-state index in [0.29, 0.717) is 22.8 Å². The number of halogens is 2. The zero-order valence-corrected chi connectivity index (χ0v) is 14.9. The lowest BCUT2D eigenvalue weighted by Crippen LogP contribution is -2.25. The summed E-state index contributed by atoms with van der Waals surface area (Å²) in [6.45, 7) is 2.99. The lowest BCUT2D eigenvalue weighted by molar-refractivity contribution is 0.110.